The Labute approximate surface area is 146 Å². The number of fused-ring (bicyclic) bond motifs is 3. The van der Waals surface area contributed by atoms with E-state index in [1.54, 1.807) is 0 Å². The standard InChI is InChI=1S/C19H21ClN2O2/c1-2-18-9-5-11-21-17(24)16(20)15-12-6-3-4-7-13(12)22(19(15,18)21)14(23)8-10-18/h3-4,6-7,15-16H,2,5,8-11H2,1H3/t15-,16+,18-,19?/m1/s1. The van der Waals surface area contributed by atoms with E-state index in [0.717, 1.165) is 36.9 Å². The van der Waals surface area contributed by atoms with Crippen molar-refractivity contribution in [3.05, 3.63) is 29.8 Å². The van der Waals surface area contributed by atoms with Crippen LogP contribution in [0.15, 0.2) is 24.3 Å². The van der Waals surface area contributed by atoms with Crippen LogP contribution in [0.2, 0.25) is 0 Å². The number of carbonyl (C=O) groups is 2. The van der Waals surface area contributed by atoms with Gasteiger partial charge >= 0.3 is 0 Å². The molecule has 1 unspecified atom stereocenters. The number of hydrogen-bond acceptors (Lipinski definition) is 2. The van der Waals surface area contributed by atoms with Gasteiger partial charge in [0.15, 0.2) is 0 Å². The molecular weight excluding hydrogens is 324 g/mol. The molecule has 5 heteroatoms. The van der Waals surface area contributed by atoms with Gasteiger partial charge in [-0.3, -0.25) is 14.5 Å². The van der Waals surface area contributed by atoms with Gasteiger partial charge in [-0.2, -0.15) is 0 Å². The molecule has 5 rings (SSSR count). The highest BCUT2D eigenvalue weighted by molar-refractivity contribution is 6.33. The first-order valence-corrected chi connectivity index (χ1v) is 9.40. The van der Waals surface area contributed by atoms with Crippen LogP contribution >= 0.6 is 11.6 Å². The molecular formula is C19H21ClN2O2. The second kappa shape index (κ2) is 4.54. The number of nitrogens with zero attached hydrogens (tertiary/aromatic N) is 2. The maximum Gasteiger partial charge on any atom is 0.243 e. The average molecular weight is 345 g/mol. The van der Waals surface area contributed by atoms with Crippen LogP contribution < -0.4 is 4.90 Å². The Morgan fingerprint density at radius 1 is 1.25 bits per heavy atom. The van der Waals surface area contributed by atoms with Crippen LogP contribution in [0, 0.1) is 5.41 Å². The van der Waals surface area contributed by atoms with Gasteiger partial charge in [-0.15, -0.1) is 11.6 Å². The lowest BCUT2D eigenvalue weighted by atomic mass is 9.59. The van der Waals surface area contributed by atoms with Crippen molar-refractivity contribution in [3.8, 4) is 0 Å². The predicted molar refractivity (Wildman–Crippen MR) is 91.9 cm³/mol. The molecule has 4 heterocycles. The van der Waals surface area contributed by atoms with Crippen LogP contribution in [0.1, 0.15) is 50.5 Å². The van der Waals surface area contributed by atoms with E-state index in [0.29, 0.717) is 13.0 Å². The number of rotatable bonds is 1. The number of amides is 2. The molecule has 4 atom stereocenters. The normalized spacial score (nSPS) is 39.8. The summed E-state index contributed by atoms with van der Waals surface area (Å²) in [5, 5.41) is -0.578. The van der Waals surface area contributed by atoms with Crippen LogP contribution in [-0.2, 0) is 9.59 Å². The molecule has 4 nitrogen and oxygen atoms in total. The summed E-state index contributed by atoms with van der Waals surface area (Å²) in [6, 6.07) is 8.05. The molecule has 4 aliphatic heterocycles. The Morgan fingerprint density at radius 3 is 2.83 bits per heavy atom. The van der Waals surface area contributed by atoms with Crippen molar-refractivity contribution < 1.29 is 9.59 Å². The molecule has 3 saturated heterocycles. The number of halogens is 1. The Hall–Kier alpha value is -1.55. The zero-order chi connectivity index (χ0) is 16.7. The summed E-state index contributed by atoms with van der Waals surface area (Å²) in [6.45, 7) is 2.91. The van der Waals surface area contributed by atoms with Crippen LogP contribution in [0.4, 0.5) is 5.69 Å². The van der Waals surface area contributed by atoms with Gasteiger partial charge in [0.2, 0.25) is 11.8 Å². The zero-order valence-corrected chi connectivity index (χ0v) is 14.6. The van der Waals surface area contributed by atoms with Gasteiger partial charge in [-0.1, -0.05) is 25.1 Å². The van der Waals surface area contributed by atoms with E-state index >= 15 is 0 Å². The zero-order valence-electron chi connectivity index (χ0n) is 13.8. The van der Waals surface area contributed by atoms with Gasteiger partial charge in [0.25, 0.3) is 0 Å². The molecule has 0 aromatic heterocycles. The number of para-hydroxylation sites is 1. The minimum atomic E-state index is -0.581. The number of alkyl halides is 1. The third-order valence-corrected chi connectivity index (χ3v) is 7.49. The first-order valence-electron chi connectivity index (χ1n) is 8.96. The maximum absolute atomic E-state index is 13.0. The second-order valence-electron chi connectivity index (χ2n) is 7.62. The van der Waals surface area contributed by atoms with Crippen LogP contribution in [0.25, 0.3) is 0 Å². The van der Waals surface area contributed by atoms with Gasteiger partial charge in [-0.25, -0.2) is 0 Å². The first-order chi connectivity index (χ1) is 11.6. The largest absolute Gasteiger partial charge is 0.317 e. The summed E-state index contributed by atoms with van der Waals surface area (Å²) >= 11 is 6.71. The fourth-order valence-corrected chi connectivity index (χ4v) is 6.63. The predicted octanol–water partition coefficient (Wildman–Crippen LogP) is 3.25. The molecule has 24 heavy (non-hydrogen) atoms. The third kappa shape index (κ3) is 1.32. The molecule has 0 N–H and O–H groups in total. The highest BCUT2D eigenvalue weighted by atomic mass is 35.5. The molecule has 0 aliphatic carbocycles. The van der Waals surface area contributed by atoms with Gasteiger partial charge in [0.05, 0.1) is 5.92 Å². The fraction of sp³-hybridized carbons (Fsp3) is 0.579. The third-order valence-electron chi connectivity index (χ3n) is 7.05. The molecule has 4 aliphatic rings. The fourth-order valence-electron chi connectivity index (χ4n) is 6.20. The Kier molecular flexibility index (Phi) is 2.79. The van der Waals surface area contributed by atoms with Crippen molar-refractivity contribution in [3.63, 3.8) is 0 Å². The van der Waals surface area contributed by atoms with E-state index in [2.05, 4.69) is 13.0 Å². The lowest BCUT2D eigenvalue weighted by Crippen LogP contribution is -2.73. The van der Waals surface area contributed by atoms with E-state index in [9.17, 15) is 9.59 Å². The van der Waals surface area contributed by atoms with Crippen molar-refractivity contribution in [2.45, 2.75) is 56.0 Å². The van der Waals surface area contributed by atoms with Crippen molar-refractivity contribution in [1.29, 1.82) is 0 Å². The highest BCUT2D eigenvalue weighted by Crippen LogP contribution is 2.69. The first kappa shape index (κ1) is 14.8. The highest BCUT2D eigenvalue weighted by Gasteiger charge is 2.76. The number of benzene rings is 1. The molecule has 1 aromatic rings. The van der Waals surface area contributed by atoms with E-state index in [1.165, 1.54) is 0 Å². The topological polar surface area (TPSA) is 40.6 Å². The maximum atomic E-state index is 13.0. The summed E-state index contributed by atoms with van der Waals surface area (Å²) in [5.41, 5.74) is 1.41. The summed E-state index contributed by atoms with van der Waals surface area (Å²) in [7, 11) is 0. The van der Waals surface area contributed by atoms with Crippen molar-refractivity contribution in [2.75, 3.05) is 11.4 Å². The monoisotopic (exact) mass is 344 g/mol. The van der Waals surface area contributed by atoms with Gasteiger partial charge < -0.3 is 4.90 Å². The van der Waals surface area contributed by atoms with Crippen molar-refractivity contribution in [1.82, 2.24) is 4.90 Å². The Bertz CT molecular complexity index is 765. The smallest absolute Gasteiger partial charge is 0.243 e. The average Bonchev–Trinajstić information content (AvgIpc) is 3.03. The minimum absolute atomic E-state index is 0.00777. The lowest BCUT2D eigenvalue weighted by Gasteiger charge is -2.62. The Morgan fingerprint density at radius 2 is 2.04 bits per heavy atom. The molecule has 1 spiro atoms. The van der Waals surface area contributed by atoms with Crippen molar-refractivity contribution >= 4 is 29.1 Å². The van der Waals surface area contributed by atoms with E-state index in [1.807, 2.05) is 28.0 Å². The number of piperidine rings is 2. The molecule has 0 bridgehead atoms. The van der Waals surface area contributed by atoms with Crippen LogP contribution in [0.5, 0.6) is 0 Å². The molecule has 126 valence electrons. The Balaban J connectivity index is 1.87. The number of carbonyl (C=O) groups excluding carboxylic acids is 2. The summed E-state index contributed by atoms with van der Waals surface area (Å²) in [5.74, 6) is 0.0280. The van der Waals surface area contributed by atoms with Gasteiger partial charge in [0, 0.05) is 24.1 Å². The lowest BCUT2D eigenvalue weighted by molar-refractivity contribution is -0.150. The van der Waals surface area contributed by atoms with E-state index in [4.69, 9.17) is 11.6 Å². The van der Waals surface area contributed by atoms with Crippen molar-refractivity contribution in [2.24, 2.45) is 5.41 Å². The number of anilines is 1. The molecule has 0 radical (unpaired) electrons. The molecule has 0 saturated carbocycles. The minimum Gasteiger partial charge on any atom is -0.317 e. The van der Waals surface area contributed by atoms with Gasteiger partial charge in [-0.05, 0) is 37.3 Å². The van der Waals surface area contributed by atoms with E-state index in [-0.39, 0.29) is 23.1 Å². The molecule has 1 aromatic carbocycles. The number of hydrogen-bond donors (Lipinski definition) is 0. The van der Waals surface area contributed by atoms with Gasteiger partial charge in [0.1, 0.15) is 11.0 Å². The van der Waals surface area contributed by atoms with Crippen LogP contribution in [0.3, 0.4) is 0 Å². The molecule has 2 amide bonds. The van der Waals surface area contributed by atoms with E-state index < -0.39 is 11.0 Å². The quantitative estimate of drug-likeness (QED) is 0.734. The summed E-state index contributed by atoms with van der Waals surface area (Å²) in [4.78, 5) is 30.0. The second-order valence-corrected chi connectivity index (χ2v) is 8.09. The van der Waals surface area contributed by atoms with Crippen LogP contribution in [-0.4, -0.2) is 34.3 Å². The summed E-state index contributed by atoms with van der Waals surface area (Å²) < 4.78 is 0. The molecule has 3 fully saturated rings. The SMILES string of the molecule is CC[C@@]12CCCN3C(=O)[C@@H](Cl)[C@H]4c5ccccc5N(C(=O)CC1)C432. The summed E-state index contributed by atoms with van der Waals surface area (Å²) in [6.07, 6.45) is 4.44.